The number of likely N-dealkylation sites (tertiary alicyclic amines) is 1. The highest BCUT2D eigenvalue weighted by molar-refractivity contribution is 5.93. The van der Waals surface area contributed by atoms with Gasteiger partial charge in [-0.05, 0) is 25.0 Å². The molecule has 1 saturated heterocycles. The van der Waals surface area contributed by atoms with Gasteiger partial charge in [0, 0.05) is 38.6 Å². The van der Waals surface area contributed by atoms with Crippen LogP contribution in [0.25, 0.3) is 0 Å². The number of amides is 1. The summed E-state index contributed by atoms with van der Waals surface area (Å²) >= 11 is 0. The van der Waals surface area contributed by atoms with Crippen LogP contribution in [0.4, 0.5) is 5.69 Å². The van der Waals surface area contributed by atoms with Crippen molar-refractivity contribution in [1.82, 2.24) is 9.88 Å². The lowest BCUT2D eigenvalue weighted by atomic mass is 10.3. The SMILES string of the molecule is COCCNc1ccnc(C(=O)N2CCCC2)c1. The molecular weight excluding hydrogens is 230 g/mol. The van der Waals surface area contributed by atoms with Gasteiger partial charge in [-0.15, -0.1) is 0 Å². The van der Waals surface area contributed by atoms with Crippen LogP contribution in [-0.4, -0.2) is 49.1 Å². The van der Waals surface area contributed by atoms with Gasteiger partial charge in [0.15, 0.2) is 0 Å². The maximum atomic E-state index is 12.1. The molecule has 1 fully saturated rings. The molecular formula is C13H19N3O2. The molecule has 0 spiro atoms. The number of hydrogen-bond donors (Lipinski definition) is 1. The van der Waals surface area contributed by atoms with Gasteiger partial charge in [0.1, 0.15) is 5.69 Å². The molecule has 18 heavy (non-hydrogen) atoms. The van der Waals surface area contributed by atoms with Gasteiger partial charge in [0.2, 0.25) is 0 Å². The van der Waals surface area contributed by atoms with Crippen molar-refractivity contribution in [2.24, 2.45) is 0 Å². The van der Waals surface area contributed by atoms with Crippen LogP contribution < -0.4 is 5.32 Å². The van der Waals surface area contributed by atoms with Crippen LogP contribution in [0.3, 0.4) is 0 Å². The van der Waals surface area contributed by atoms with Crippen molar-refractivity contribution >= 4 is 11.6 Å². The lowest BCUT2D eigenvalue weighted by Gasteiger charge is -2.15. The molecule has 1 aliphatic rings. The lowest BCUT2D eigenvalue weighted by molar-refractivity contribution is 0.0787. The van der Waals surface area contributed by atoms with E-state index in [4.69, 9.17) is 4.74 Å². The van der Waals surface area contributed by atoms with Crippen LogP contribution in [0.2, 0.25) is 0 Å². The van der Waals surface area contributed by atoms with Gasteiger partial charge < -0.3 is 15.0 Å². The van der Waals surface area contributed by atoms with Crippen molar-refractivity contribution in [3.05, 3.63) is 24.0 Å². The van der Waals surface area contributed by atoms with Crippen molar-refractivity contribution < 1.29 is 9.53 Å². The molecule has 5 nitrogen and oxygen atoms in total. The maximum Gasteiger partial charge on any atom is 0.272 e. The first-order valence-corrected chi connectivity index (χ1v) is 6.29. The fourth-order valence-electron chi connectivity index (χ4n) is 2.04. The number of hydrogen-bond acceptors (Lipinski definition) is 4. The smallest absolute Gasteiger partial charge is 0.272 e. The zero-order valence-corrected chi connectivity index (χ0v) is 10.7. The molecule has 1 aliphatic heterocycles. The van der Waals surface area contributed by atoms with Gasteiger partial charge >= 0.3 is 0 Å². The molecule has 1 aromatic heterocycles. The Morgan fingerprint density at radius 3 is 3.00 bits per heavy atom. The standard InChI is InChI=1S/C13H19N3O2/c1-18-9-6-14-11-4-5-15-12(10-11)13(17)16-7-2-3-8-16/h4-5,10H,2-3,6-9H2,1H3,(H,14,15). The minimum Gasteiger partial charge on any atom is -0.383 e. The monoisotopic (exact) mass is 249 g/mol. The quantitative estimate of drug-likeness (QED) is 0.801. The Hall–Kier alpha value is -1.62. The maximum absolute atomic E-state index is 12.1. The number of pyridine rings is 1. The average molecular weight is 249 g/mol. The van der Waals surface area contributed by atoms with Crippen molar-refractivity contribution in [1.29, 1.82) is 0 Å². The van der Waals surface area contributed by atoms with Crippen LogP contribution >= 0.6 is 0 Å². The Kier molecular flexibility index (Phi) is 4.52. The zero-order chi connectivity index (χ0) is 12.8. The van der Waals surface area contributed by atoms with Gasteiger partial charge in [-0.25, -0.2) is 0 Å². The third kappa shape index (κ3) is 3.20. The summed E-state index contributed by atoms with van der Waals surface area (Å²) in [6, 6.07) is 3.66. The van der Waals surface area contributed by atoms with Crippen molar-refractivity contribution in [2.45, 2.75) is 12.8 Å². The average Bonchev–Trinajstić information content (AvgIpc) is 2.92. The van der Waals surface area contributed by atoms with E-state index in [1.165, 1.54) is 0 Å². The van der Waals surface area contributed by atoms with Crippen molar-refractivity contribution in [3.63, 3.8) is 0 Å². The lowest BCUT2D eigenvalue weighted by Crippen LogP contribution is -2.28. The number of aromatic nitrogens is 1. The summed E-state index contributed by atoms with van der Waals surface area (Å²) in [4.78, 5) is 18.2. The van der Waals surface area contributed by atoms with E-state index < -0.39 is 0 Å². The van der Waals surface area contributed by atoms with Crippen LogP contribution in [0.5, 0.6) is 0 Å². The Labute approximate surface area is 107 Å². The Balaban J connectivity index is 1.99. The number of carbonyl (C=O) groups is 1. The first-order valence-electron chi connectivity index (χ1n) is 6.29. The molecule has 0 radical (unpaired) electrons. The predicted molar refractivity (Wildman–Crippen MR) is 69.7 cm³/mol. The van der Waals surface area contributed by atoms with Crippen LogP contribution in [0.1, 0.15) is 23.3 Å². The predicted octanol–water partition coefficient (Wildman–Crippen LogP) is 1.38. The van der Waals surface area contributed by atoms with Crippen LogP contribution in [0, 0.1) is 0 Å². The first kappa shape index (κ1) is 12.8. The highest BCUT2D eigenvalue weighted by atomic mass is 16.5. The van der Waals surface area contributed by atoms with Crippen LogP contribution in [-0.2, 0) is 4.74 Å². The van der Waals surface area contributed by atoms with Gasteiger partial charge in [-0.3, -0.25) is 9.78 Å². The summed E-state index contributed by atoms with van der Waals surface area (Å²) in [5.74, 6) is 0.0305. The molecule has 0 aromatic carbocycles. The second-order valence-electron chi connectivity index (χ2n) is 4.35. The first-order chi connectivity index (χ1) is 8.81. The molecule has 0 aliphatic carbocycles. The van der Waals surface area contributed by atoms with Gasteiger partial charge in [0.05, 0.1) is 6.61 Å². The van der Waals surface area contributed by atoms with E-state index in [1.807, 2.05) is 11.0 Å². The zero-order valence-electron chi connectivity index (χ0n) is 10.7. The summed E-state index contributed by atoms with van der Waals surface area (Å²) in [6.45, 7) is 3.05. The number of nitrogens with one attached hydrogen (secondary N) is 1. The van der Waals surface area contributed by atoms with Gasteiger partial charge in [-0.1, -0.05) is 0 Å². The Bertz CT molecular complexity index is 403. The largest absolute Gasteiger partial charge is 0.383 e. The minimum absolute atomic E-state index is 0.0305. The van der Waals surface area contributed by atoms with Gasteiger partial charge in [-0.2, -0.15) is 0 Å². The van der Waals surface area contributed by atoms with E-state index in [9.17, 15) is 4.79 Å². The number of carbonyl (C=O) groups excluding carboxylic acids is 1. The van der Waals surface area contributed by atoms with E-state index in [-0.39, 0.29) is 5.91 Å². The van der Waals surface area contributed by atoms with E-state index in [2.05, 4.69) is 10.3 Å². The fraction of sp³-hybridized carbons (Fsp3) is 0.538. The summed E-state index contributed by atoms with van der Waals surface area (Å²) in [5.41, 5.74) is 1.42. The van der Waals surface area contributed by atoms with Gasteiger partial charge in [0.25, 0.3) is 5.91 Å². The van der Waals surface area contributed by atoms with Crippen LogP contribution in [0.15, 0.2) is 18.3 Å². The fourth-order valence-corrected chi connectivity index (χ4v) is 2.04. The molecule has 2 rings (SSSR count). The molecule has 0 saturated carbocycles. The minimum atomic E-state index is 0.0305. The molecule has 1 N–H and O–H groups in total. The normalized spacial score (nSPS) is 14.8. The molecule has 98 valence electrons. The highest BCUT2D eigenvalue weighted by Gasteiger charge is 2.20. The summed E-state index contributed by atoms with van der Waals surface area (Å²) < 4.78 is 4.97. The third-order valence-electron chi connectivity index (χ3n) is 3.01. The molecule has 0 unspecified atom stereocenters. The summed E-state index contributed by atoms with van der Waals surface area (Å²) in [6.07, 6.45) is 3.85. The van der Waals surface area contributed by atoms with E-state index in [1.54, 1.807) is 19.4 Å². The molecule has 1 amide bonds. The number of ether oxygens (including phenoxy) is 1. The Morgan fingerprint density at radius 2 is 2.28 bits per heavy atom. The topological polar surface area (TPSA) is 54.5 Å². The number of rotatable bonds is 5. The number of anilines is 1. The van der Waals surface area contributed by atoms with Crippen molar-refractivity contribution in [2.75, 3.05) is 38.7 Å². The molecule has 0 atom stereocenters. The molecule has 0 bridgehead atoms. The molecule has 1 aromatic rings. The third-order valence-corrected chi connectivity index (χ3v) is 3.01. The number of methoxy groups -OCH3 is 1. The molecule has 5 heteroatoms. The van der Waals surface area contributed by atoms with E-state index in [0.717, 1.165) is 38.2 Å². The second-order valence-corrected chi connectivity index (χ2v) is 4.35. The molecule has 2 heterocycles. The van der Waals surface area contributed by atoms with E-state index in [0.29, 0.717) is 12.3 Å². The Morgan fingerprint density at radius 1 is 1.50 bits per heavy atom. The van der Waals surface area contributed by atoms with E-state index >= 15 is 0 Å². The number of nitrogens with zero attached hydrogens (tertiary/aromatic N) is 2. The van der Waals surface area contributed by atoms with Crippen molar-refractivity contribution in [3.8, 4) is 0 Å². The summed E-state index contributed by atoms with van der Waals surface area (Å²) in [7, 11) is 1.66. The summed E-state index contributed by atoms with van der Waals surface area (Å²) in [5, 5.41) is 3.20. The highest BCUT2D eigenvalue weighted by Crippen LogP contribution is 2.14. The second kappa shape index (κ2) is 6.35.